The molecule has 4 N–H and O–H groups in total. The van der Waals surface area contributed by atoms with E-state index in [1.807, 2.05) is 54.6 Å². The maximum Gasteiger partial charge on any atom is 0.259 e. The molecule has 1 saturated heterocycles. The number of nitrogens with one attached hydrogen (secondary N) is 2. The second-order valence-corrected chi connectivity index (χ2v) is 10.5. The number of imidazole rings is 1. The zero-order chi connectivity index (χ0) is 27.0. The Morgan fingerprint density at radius 2 is 1.95 bits per heavy atom. The summed E-state index contributed by atoms with van der Waals surface area (Å²) < 4.78 is 6.21. The third-order valence-corrected chi connectivity index (χ3v) is 7.26. The molecular weight excluding hydrogens is 512 g/mol. The number of amides is 1. The van der Waals surface area contributed by atoms with Gasteiger partial charge in [0, 0.05) is 49.4 Å². The molecule has 39 heavy (non-hydrogen) atoms. The van der Waals surface area contributed by atoms with E-state index in [0.717, 1.165) is 48.1 Å². The van der Waals surface area contributed by atoms with E-state index in [1.54, 1.807) is 18.7 Å². The first-order valence-electron chi connectivity index (χ1n) is 12.8. The first kappa shape index (κ1) is 26.7. The van der Waals surface area contributed by atoms with Crippen LogP contribution < -0.4 is 20.7 Å². The quantitative estimate of drug-likeness (QED) is 0.276. The Kier molecular flexibility index (Phi) is 8.71. The monoisotopic (exact) mass is 544 g/mol. The van der Waals surface area contributed by atoms with Crippen LogP contribution in [-0.2, 0) is 17.8 Å². The van der Waals surface area contributed by atoms with Crippen LogP contribution in [0.15, 0.2) is 83.2 Å². The van der Waals surface area contributed by atoms with Gasteiger partial charge < -0.3 is 30.6 Å². The van der Waals surface area contributed by atoms with Crippen LogP contribution in [-0.4, -0.2) is 70.0 Å². The SMILES string of the molecule is CN1CCN(c2ncc(Sc3cccc(NC(=O)C(N)Cc4c[nH]cn4)c3)nc2OCc2ccccc2)CC1. The molecule has 0 aliphatic carbocycles. The Labute approximate surface area is 232 Å². The molecule has 2 aromatic carbocycles. The highest BCUT2D eigenvalue weighted by Crippen LogP contribution is 2.33. The van der Waals surface area contributed by atoms with Gasteiger partial charge in [-0.05, 0) is 30.8 Å². The zero-order valence-corrected chi connectivity index (χ0v) is 22.6. The number of carbonyl (C=O) groups is 1. The summed E-state index contributed by atoms with van der Waals surface area (Å²) in [6.45, 7) is 4.05. The molecule has 0 bridgehead atoms. The number of benzene rings is 2. The molecule has 11 heteroatoms. The minimum atomic E-state index is -0.707. The summed E-state index contributed by atoms with van der Waals surface area (Å²) in [4.78, 5) is 34.7. The summed E-state index contributed by atoms with van der Waals surface area (Å²) in [5.74, 6) is 1.01. The number of anilines is 2. The van der Waals surface area contributed by atoms with Gasteiger partial charge in [0.25, 0.3) is 5.88 Å². The van der Waals surface area contributed by atoms with Crippen molar-refractivity contribution in [3.63, 3.8) is 0 Å². The molecule has 3 heterocycles. The molecule has 2 aromatic heterocycles. The molecule has 4 aromatic rings. The molecule has 10 nitrogen and oxygen atoms in total. The molecule has 0 saturated carbocycles. The van der Waals surface area contributed by atoms with E-state index in [9.17, 15) is 4.79 Å². The maximum absolute atomic E-state index is 12.6. The minimum absolute atomic E-state index is 0.270. The highest BCUT2D eigenvalue weighted by Gasteiger charge is 2.21. The van der Waals surface area contributed by atoms with E-state index >= 15 is 0 Å². The molecule has 1 amide bonds. The van der Waals surface area contributed by atoms with Crippen molar-refractivity contribution in [1.29, 1.82) is 0 Å². The predicted molar refractivity (Wildman–Crippen MR) is 152 cm³/mol. The first-order valence-corrected chi connectivity index (χ1v) is 13.6. The van der Waals surface area contributed by atoms with Crippen LogP contribution in [0, 0.1) is 0 Å². The molecular formula is C28H32N8O2S. The Hall–Kier alpha value is -3.93. The molecule has 1 aliphatic rings. The average molecular weight is 545 g/mol. The second-order valence-electron chi connectivity index (χ2n) is 9.39. The number of ether oxygens (including phenoxy) is 1. The van der Waals surface area contributed by atoms with Crippen molar-refractivity contribution in [2.24, 2.45) is 5.73 Å². The van der Waals surface area contributed by atoms with E-state index in [1.165, 1.54) is 11.8 Å². The minimum Gasteiger partial charge on any atom is -0.470 e. The van der Waals surface area contributed by atoms with Crippen molar-refractivity contribution in [2.75, 3.05) is 43.4 Å². The van der Waals surface area contributed by atoms with Crippen molar-refractivity contribution < 1.29 is 9.53 Å². The smallest absolute Gasteiger partial charge is 0.259 e. The summed E-state index contributed by atoms with van der Waals surface area (Å²) in [5, 5.41) is 3.60. The molecule has 5 rings (SSSR count). The van der Waals surface area contributed by atoms with E-state index in [0.29, 0.717) is 29.6 Å². The van der Waals surface area contributed by atoms with Crippen LogP contribution >= 0.6 is 11.8 Å². The fraction of sp³-hybridized carbons (Fsp3) is 0.286. The summed E-state index contributed by atoms with van der Waals surface area (Å²) in [6, 6.07) is 16.9. The van der Waals surface area contributed by atoms with Gasteiger partial charge in [-0.1, -0.05) is 48.2 Å². The van der Waals surface area contributed by atoms with Gasteiger partial charge in [0.05, 0.1) is 24.3 Å². The van der Waals surface area contributed by atoms with E-state index in [4.69, 9.17) is 20.4 Å². The lowest BCUT2D eigenvalue weighted by molar-refractivity contribution is -0.117. The summed E-state index contributed by atoms with van der Waals surface area (Å²) in [5.41, 5.74) is 8.54. The average Bonchev–Trinajstić information content (AvgIpc) is 3.46. The molecule has 1 atom stereocenters. The summed E-state index contributed by atoms with van der Waals surface area (Å²) in [7, 11) is 2.12. The number of aromatic amines is 1. The number of carbonyl (C=O) groups excluding carboxylic acids is 1. The zero-order valence-electron chi connectivity index (χ0n) is 21.8. The van der Waals surface area contributed by atoms with Crippen LogP contribution in [0.5, 0.6) is 5.88 Å². The molecule has 202 valence electrons. The van der Waals surface area contributed by atoms with Crippen LogP contribution in [0.4, 0.5) is 11.5 Å². The fourth-order valence-electron chi connectivity index (χ4n) is 4.17. The van der Waals surface area contributed by atoms with Gasteiger partial charge in [-0.15, -0.1) is 0 Å². The van der Waals surface area contributed by atoms with E-state index in [-0.39, 0.29) is 5.91 Å². The Morgan fingerprint density at radius 3 is 2.72 bits per heavy atom. The van der Waals surface area contributed by atoms with Gasteiger partial charge in [-0.25, -0.2) is 15.0 Å². The molecule has 1 unspecified atom stereocenters. The number of rotatable bonds is 10. The number of hydrogen-bond donors (Lipinski definition) is 3. The Balaban J connectivity index is 1.29. The Morgan fingerprint density at radius 1 is 1.13 bits per heavy atom. The van der Waals surface area contributed by atoms with Crippen molar-refractivity contribution in [3.05, 3.63) is 84.6 Å². The van der Waals surface area contributed by atoms with Gasteiger partial charge in [0.15, 0.2) is 5.82 Å². The number of likely N-dealkylation sites (N-methyl/N-ethyl adjacent to an activating group) is 1. The van der Waals surface area contributed by atoms with Crippen molar-refractivity contribution in [3.8, 4) is 5.88 Å². The van der Waals surface area contributed by atoms with Gasteiger partial charge in [-0.3, -0.25) is 4.79 Å². The van der Waals surface area contributed by atoms with Gasteiger partial charge >= 0.3 is 0 Å². The molecule has 0 radical (unpaired) electrons. The molecule has 1 fully saturated rings. The molecule has 1 aliphatic heterocycles. The number of nitrogens with zero attached hydrogens (tertiary/aromatic N) is 5. The van der Waals surface area contributed by atoms with Gasteiger partial charge in [0.1, 0.15) is 11.6 Å². The van der Waals surface area contributed by atoms with E-state index in [2.05, 4.69) is 32.1 Å². The number of hydrogen-bond acceptors (Lipinski definition) is 9. The normalized spacial score (nSPS) is 14.7. The third-order valence-electron chi connectivity index (χ3n) is 6.37. The maximum atomic E-state index is 12.6. The van der Waals surface area contributed by atoms with Gasteiger partial charge in [-0.2, -0.15) is 0 Å². The summed E-state index contributed by atoms with van der Waals surface area (Å²) in [6.07, 6.45) is 5.43. The highest BCUT2D eigenvalue weighted by molar-refractivity contribution is 7.99. The number of H-pyrrole nitrogens is 1. The van der Waals surface area contributed by atoms with Crippen molar-refractivity contribution >= 4 is 29.2 Å². The van der Waals surface area contributed by atoms with Crippen LogP contribution in [0.3, 0.4) is 0 Å². The topological polar surface area (TPSA) is 125 Å². The standard InChI is InChI=1S/C28H32N8O2S/c1-35-10-12-36(13-11-35)26-28(38-18-20-6-3-2-4-7-20)34-25(17-31-26)39-23-9-5-8-21(14-23)33-27(37)24(29)15-22-16-30-19-32-22/h2-9,14,16-17,19,24H,10-13,15,18,29H2,1H3,(H,30,32)(H,33,37). The first-order chi connectivity index (χ1) is 19.0. The second kappa shape index (κ2) is 12.7. The largest absolute Gasteiger partial charge is 0.470 e. The van der Waals surface area contributed by atoms with Gasteiger partial charge in [0.2, 0.25) is 5.91 Å². The number of piperazine rings is 1. The summed E-state index contributed by atoms with van der Waals surface area (Å²) >= 11 is 1.46. The lowest BCUT2D eigenvalue weighted by Gasteiger charge is -2.33. The molecule has 0 spiro atoms. The lowest BCUT2D eigenvalue weighted by atomic mass is 10.1. The van der Waals surface area contributed by atoms with Crippen molar-refractivity contribution in [1.82, 2.24) is 24.8 Å². The van der Waals surface area contributed by atoms with Crippen LogP contribution in [0.2, 0.25) is 0 Å². The van der Waals surface area contributed by atoms with Crippen molar-refractivity contribution in [2.45, 2.75) is 29.0 Å². The lowest BCUT2D eigenvalue weighted by Crippen LogP contribution is -2.45. The van der Waals surface area contributed by atoms with Crippen LogP contribution in [0.25, 0.3) is 0 Å². The third kappa shape index (κ3) is 7.34. The number of nitrogens with two attached hydrogens (primary N) is 1. The number of aromatic nitrogens is 4. The van der Waals surface area contributed by atoms with Crippen LogP contribution in [0.1, 0.15) is 11.3 Å². The Bertz CT molecular complexity index is 1360. The predicted octanol–water partition coefficient (Wildman–Crippen LogP) is 3.19. The fourth-order valence-corrected chi connectivity index (χ4v) is 4.98. The van der Waals surface area contributed by atoms with E-state index < -0.39 is 6.04 Å². The highest BCUT2D eigenvalue weighted by atomic mass is 32.2.